The highest BCUT2D eigenvalue weighted by atomic mass is 35.5. The van der Waals surface area contributed by atoms with E-state index in [0.29, 0.717) is 37.6 Å². The van der Waals surface area contributed by atoms with Crippen LogP contribution in [-0.2, 0) is 10.0 Å². The second-order valence-electron chi connectivity index (χ2n) is 6.86. The topological polar surface area (TPSA) is 79.8 Å². The normalized spacial score (nSPS) is 20.8. The fourth-order valence-corrected chi connectivity index (χ4v) is 4.79. The molecular weight excluding hydrogens is 366 g/mol. The number of pyridine rings is 1. The van der Waals surface area contributed by atoms with Crippen molar-refractivity contribution < 1.29 is 17.9 Å². The summed E-state index contributed by atoms with van der Waals surface area (Å²) in [5.74, 6) is 0.208. The molecule has 2 aliphatic rings. The first-order valence-electron chi connectivity index (χ1n) is 8.18. The third-order valence-electron chi connectivity index (χ3n) is 5.21. The van der Waals surface area contributed by atoms with Gasteiger partial charge in [-0.3, -0.25) is 4.79 Å². The maximum atomic E-state index is 12.7. The van der Waals surface area contributed by atoms with Gasteiger partial charge in [0.15, 0.2) is 0 Å². The number of hydrogen-bond donors (Lipinski definition) is 0. The Kier molecular flexibility index (Phi) is 4.96. The van der Waals surface area contributed by atoms with Crippen LogP contribution in [0.25, 0.3) is 0 Å². The molecule has 3 heterocycles. The third kappa shape index (κ3) is 3.91. The average molecular weight is 388 g/mol. The molecule has 0 atom stereocenters. The zero-order chi connectivity index (χ0) is 18.2. The molecule has 0 N–H and O–H groups in total. The Hall–Kier alpha value is -1.38. The lowest BCUT2D eigenvalue weighted by atomic mass is 9.78. The Morgan fingerprint density at radius 1 is 1.24 bits per heavy atom. The van der Waals surface area contributed by atoms with Gasteiger partial charge >= 0.3 is 0 Å². The molecule has 2 saturated heterocycles. The molecule has 0 unspecified atom stereocenters. The lowest BCUT2D eigenvalue weighted by molar-refractivity contribution is 0.0599. The molecule has 2 fully saturated rings. The summed E-state index contributed by atoms with van der Waals surface area (Å²) in [6, 6.07) is 3.12. The molecule has 138 valence electrons. The Labute approximate surface area is 153 Å². The number of methoxy groups -OCH3 is 1. The van der Waals surface area contributed by atoms with Crippen LogP contribution in [0.2, 0.25) is 5.15 Å². The van der Waals surface area contributed by atoms with Gasteiger partial charge in [0.1, 0.15) is 5.15 Å². The minimum Gasteiger partial charge on any atom is -0.481 e. The zero-order valence-corrected chi connectivity index (χ0v) is 15.9. The Balaban J connectivity index is 1.67. The molecule has 0 aliphatic carbocycles. The van der Waals surface area contributed by atoms with E-state index in [2.05, 4.69) is 4.98 Å². The largest absolute Gasteiger partial charge is 0.481 e. The number of likely N-dealkylation sites (tertiary alicyclic amines) is 1. The molecule has 3 rings (SSSR count). The van der Waals surface area contributed by atoms with E-state index in [1.54, 1.807) is 15.3 Å². The van der Waals surface area contributed by atoms with Crippen molar-refractivity contribution in [1.29, 1.82) is 0 Å². The minimum absolute atomic E-state index is 0.00651. The predicted octanol–water partition coefficient (Wildman–Crippen LogP) is 1.63. The molecule has 1 aromatic heterocycles. The van der Waals surface area contributed by atoms with Crippen molar-refractivity contribution in [1.82, 2.24) is 14.2 Å². The molecule has 1 aromatic rings. The number of ether oxygens (including phenoxy) is 1. The standard InChI is InChI=1S/C16H22ClN3O4S/c1-24-14-10-12(9-13(17)18-14)15(21)19-6-3-16(4-7-19)5-8-20(11-16)25(2,22)23/h9-10H,3-8,11H2,1-2H3. The number of aromatic nitrogens is 1. The molecule has 9 heteroatoms. The van der Waals surface area contributed by atoms with Crippen molar-refractivity contribution in [2.45, 2.75) is 19.3 Å². The van der Waals surface area contributed by atoms with Crippen LogP contribution in [0.15, 0.2) is 12.1 Å². The third-order valence-corrected chi connectivity index (χ3v) is 6.65. The number of carbonyl (C=O) groups is 1. The fraction of sp³-hybridized carbons (Fsp3) is 0.625. The van der Waals surface area contributed by atoms with Gasteiger partial charge in [0.05, 0.1) is 13.4 Å². The smallest absolute Gasteiger partial charge is 0.254 e. The Morgan fingerprint density at radius 2 is 1.88 bits per heavy atom. The number of amides is 1. The van der Waals surface area contributed by atoms with Crippen molar-refractivity contribution in [2.24, 2.45) is 5.41 Å². The maximum absolute atomic E-state index is 12.7. The highest BCUT2D eigenvalue weighted by Gasteiger charge is 2.43. The molecular formula is C16H22ClN3O4S. The first kappa shape index (κ1) is 18.4. The van der Waals surface area contributed by atoms with Crippen molar-refractivity contribution in [3.63, 3.8) is 0 Å². The van der Waals surface area contributed by atoms with Crippen LogP contribution < -0.4 is 4.74 Å². The van der Waals surface area contributed by atoms with E-state index in [9.17, 15) is 13.2 Å². The summed E-state index contributed by atoms with van der Waals surface area (Å²) in [5.41, 5.74) is 0.449. The fourth-order valence-electron chi connectivity index (χ4n) is 3.65. The molecule has 7 nitrogen and oxygen atoms in total. The second-order valence-corrected chi connectivity index (χ2v) is 9.23. The number of sulfonamides is 1. The van der Waals surface area contributed by atoms with Gasteiger partial charge in [-0.15, -0.1) is 0 Å². The molecule has 0 radical (unpaired) electrons. The first-order chi connectivity index (χ1) is 11.7. The van der Waals surface area contributed by atoms with Crippen LogP contribution in [-0.4, -0.2) is 68.1 Å². The summed E-state index contributed by atoms with van der Waals surface area (Å²) in [5, 5.41) is 0.218. The first-order valence-corrected chi connectivity index (χ1v) is 10.4. The number of halogens is 1. The van der Waals surface area contributed by atoms with E-state index < -0.39 is 10.0 Å². The maximum Gasteiger partial charge on any atom is 0.254 e. The van der Waals surface area contributed by atoms with Crippen LogP contribution >= 0.6 is 11.6 Å². The highest BCUT2D eigenvalue weighted by molar-refractivity contribution is 7.88. The summed E-state index contributed by atoms with van der Waals surface area (Å²) in [6.07, 6.45) is 3.73. The van der Waals surface area contributed by atoms with Gasteiger partial charge in [0.25, 0.3) is 5.91 Å². The predicted molar refractivity (Wildman–Crippen MR) is 94.4 cm³/mol. The number of hydrogen-bond acceptors (Lipinski definition) is 5. The van der Waals surface area contributed by atoms with Crippen molar-refractivity contribution in [3.05, 3.63) is 22.8 Å². The van der Waals surface area contributed by atoms with Crippen LogP contribution in [0.5, 0.6) is 5.88 Å². The lowest BCUT2D eigenvalue weighted by Crippen LogP contribution is -2.44. The van der Waals surface area contributed by atoms with E-state index in [1.807, 2.05) is 0 Å². The van der Waals surface area contributed by atoms with Crippen molar-refractivity contribution in [2.75, 3.05) is 39.5 Å². The molecule has 25 heavy (non-hydrogen) atoms. The van der Waals surface area contributed by atoms with Crippen LogP contribution in [0.4, 0.5) is 0 Å². The molecule has 0 aromatic carbocycles. The van der Waals surface area contributed by atoms with Gasteiger partial charge in [0, 0.05) is 37.8 Å². The molecule has 0 bridgehead atoms. The van der Waals surface area contributed by atoms with Gasteiger partial charge in [-0.05, 0) is 30.7 Å². The van der Waals surface area contributed by atoms with Gasteiger partial charge in [-0.25, -0.2) is 17.7 Å². The molecule has 0 saturated carbocycles. The zero-order valence-electron chi connectivity index (χ0n) is 14.4. The van der Waals surface area contributed by atoms with Crippen LogP contribution in [0, 0.1) is 5.41 Å². The minimum atomic E-state index is -3.15. The van der Waals surface area contributed by atoms with Gasteiger partial charge in [-0.1, -0.05) is 11.6 Å². The van der Waals surface area contributed by atoms with Gasteiger partial charge in [-0.2, -0.15) is 0 Å². The summed E-state index contributed by atoms with van der Waals surface area (Å²) in [4.78, 5) is 18.5. The van der Waals surface area contributed by atoms with E-state index in [4.69, 9.17) is 16.3 Å². The Bertz CT molecular complexity index is 776. The molecule has 2 aliphatic heterocycles. The van der Waals surface area contributed by atoms with E-state index in [0.717, 1.165) is 19.3 Å². The summed E-state index contributed by atoms with van der Waals surface area (Å²) in [6.45, 7) is 2.35. The van der Waals surface area contributed by atoms with Crippen LogP contribution in [0.1, 0.15) is 29.6 Å². The average Bonchev–Trinajstić information content (AvgIpc) is 2.98. The van der Waals surface area contributed by atoms with E-state index >= 15 is 0 Å². The summed E-state index contributed by atoms with van der Waals surface area (Å²) in [7, 11) is -1.67. The quantitative estimate of drug-likeness (QED) is 0.736. The van der Waals surface area contributed by atoms with E-state index in [1.165, 1.54) is 19.4 Å². The SMILES string of the molecule is COc1cc(C(=O)N2CCC3(CC2)CCN(S(C)(=O)=O)C3)cc(Cl)n1. The summed E-state index contributed by atoms with van der Waals surface area (Å²) < 4.78 is 30.1. The second kappa shape index (κ2) is 6.74. The van der Waals surface area contributed by atoms with Crippen molar-refractivity contribution >= 4 is 27.5 Å². The number of carbonyl (C=O) groups excluding carboxylic acids is 1. The Morgan fingerprint density at radius 3 is 2.44 bits per heavy atom. The molecule has 1 amide bonds. The van der Waals surface area contributed by atoms with Crippen LogP contribution in [0.3, 0.4) is 0 Å². The summed E-state index contributed by atoms with van der Waals surface area (Å²) >= 11 is 5.94. The van der Waals surface area contributed by atoms with Gasteiger partial charge in [0.2, 0.25) is 15.9 Å². The number of rotatable bonds is 3. The van der Waals surface area contributed by atoms with E-state index in [-0.39, 0.29) is 16.5 Å². The van der Waals surface area contributed by atoms with Crippen molar-refractivity contribution in [3.8, 4) is 5.88 Å². The highest BCUT2D eigenvalue weighted by Crippen LogP contribution is 2.41. The number of nitrogens with zero attached hydrogens (tertiary/aromatic N) is 3. The van der Waals surface area contributed by atoms with Gasteiger partial charge < -0.3 is 9.64 Å². The monoisotopic (exact) mass is 387 g/mol. The molecule has 1 spiro atoms. The lowest BCUT2D eigenvalue weighted by Gasteiger charge is -2.39. The number of piperidine rings is 1.